The average molecular weight is 562 g/mol. The van der Waals surface area contributed by atoms with Crippen molar-refractivity contribution in [3.8, 4) is 5.69 Å². The lowest BCUT2D eigenvalue weighted by Gasteiger charge is -2.22. The van der Waals surface area contributed by atoms with Crippen LogP contribution in [-0.4, -0.2) is 34.2 Å². The number of rotatable bonds is 5. The third-order valence-corrected chi connectivity index (χ3v) is 8.46. The minimum absolute atomic E-state index is 0.235. The Balaban J connectivity index is 1.31. The predicted molar refractivity (Wildman–Crippen MR) is 156 cm³/mol. The molecule has 0 fully saturated rings. The molecular formula is C31H30FN10+. The quantitative estimate of drug-likeness (QED) is 0.284. The zero-order valence-electron chi connectivity index (χ0n) is 23.5. The van der Waals surface area contributed by atoms with E-state index < -0.39 is 0 Å². The van der Waals surface area contributed by atoms with Crippen LogP contribution in [0.4, 0.5) is 27.4 Å². The van der Waals surface area contributed by atoms with E-state index in [-0.39, 0.29) is 5.82 Å². The molecule has 0 unspecified atom stereocenters. The Morgan fingerprint density at radius 1 is 0.810 bits per heavy atom. The van der Waals surface area contributed by atoms with E-state index in [0.29, 0.717) is 17.0 Å². The first kappa shape index (κ1) is 24.8. The van der Waals surface area contributed by atoms with E-state index in [1.54, 1.807) is 29.9 Å². The Morgan fingerprint density at radius 2 is 1.64 bits per heavy atom. The van der Waals surface area contributed by atoms with Crippen molar-refractivity contribution >= 4 is 34.6 Å². The Hall–Kier alpha value is -4.93. The van der Waals surface area contributed by atoms with E-state index in [9.17, 15) is 4.39 Å². The lowest BCUT2D eigenvalue weighted by atomic mass is 9.89. The van der Waals surface area contributed by atoms with E-state index in [4.69, 9.17) is 4.98 Å². The molecule has 2 N–H and O–H groups in total. The third kappa shape index (κ3) is 3.99. The molecular weight excluding hydrogens is 531 g/mol. The fraction of sp³-hybridized carbons (Fsp3) is 0.290. The summed E-state index contributed by atoms with van der Waals surface area (Å²) in [7, 11) is 0. The maximum atomic E-state index is 14.4. The summed E-state index contributed by atoms with van der Waals surface area (Å²) in [5.41, 5.74) is 9.38. The molecule has 11 heteroatoms. The highest BCUT2D eigenvalue weighted by molar-refractivity contribution is 5.66. The molecule has 10 nitrogen and oxygen atoms in total. The van der Waals surface area contributed by atoms with Gasteiger partial charge >= 0.3 is 5.78 Å². The number of anilines is 4. The van der Waals surface area contributed by atoms with E-state index in [2.05, 4.69) is 47.5 Å². The molecule has 8 rings (SSSR count). The maximum absolute atomic E-state index is 14.4. The minimum Gasteiger partial charge on any atom is -0.340 e. The number of aryl methyl sites for hydroxylation is 3. The number of benzene rings is 2. The van der Waals surface area contributed by atoms with Crippen molar-refractivity contribution < 1.29 is 8.96 Å². The summed E-state index contributed by atoms with van der Waals surface area (Å²) in [6.07, 6.45) is 10.3. The molecule has 0 saturated carbocycles. The van der Waals surface area contributed by atoms with Crippen LogP contribution in [0.1, 0.15) is 52.9 Å². The largest absolute Gasteiger partial charge is 0.431 e. The lowest BCUT2D eigenvalue weighted by molar-refractivity contribution is -0.582. The number of nitrogens with one attached hydrogen (secondary N) is 2. The molecule has 0 radical (unpaired) electrons. The number of fused-ring (bicyclic) bond motifs is 4. The first-order valence-electron chi connectivity index (χ1n) is 14.5. The first-order chi connectivity index (χ1) is 20.5. The highest BCUT2D eigenvalue weighted by Crippen LogP contribution is 2.34. The predicted octanol–water partition coefficient (Wildman–Crippen LogP) is 5.05. The van der Waals surface area contributed by atoms with Crippen LogP contribution >= 0.6 is 0 Å². The Bertz CT molecular complexity index is 2020. The molecule has 2 aliphatic rings. The summed E-state index contributed by atoms with van der Waals surface area (Å²) in [5, 5.41) is 16.1. The molecule has 0 amide bonds. The van der Waals surface area contributed by atoms with E-state index in [1.165, 1.54) is 28.7 Å². The number of hydrogen-bond acceptors (Lipinski definition) is 7. The van der Waals surface area contributed by atoms with Gasteiger partial charge in [0.15, 0.2) is 0 Å². The Labute approximate surface area is 241 Å². The van der Waals surface area contributed by atoms with Crippen LogP contribution in [0.15, 0.2) is 49.1 Å². The third-order valence-electron chi connectivity index (χ3n) is 8.46. The summed E-state index contributed by atoms with van der Waals surface area (Å²) >= 11 is 0. The smallest absolute Gasteiger partial charge is 0.340 e. The van der Waals surface area contributed by atoms with Gasteiger partial charge in [0.25, 0.3) is 5.78 Å². The van der Waals surface area contributed by atoms with E-state index in [0.717, 1.165) is 79.4 Å². The topological polar surface area (TPSA) is 101 Å². The molecule has 4 heterocycles. The maximum Gasteiger partial charge on any atom is 0.431 e. The van der Waals surface area contributed by atoms with Crippen LogP contribution in [0.2, 0.25) is 0 Å². The number of hydrogen-bond donors (Lipinski definition) is 2. The van der Waals surface area contributed by atoms with Crippen molar-refractivity contribution in [1.29, 1.82) is 0 Å². The highest BCUT2D eigenvalue weighted by atomic mass is 19.1. The molecule has 6 aromatic rings. The Kier molecular flexibility index (Phi) is 5.66. The molecule has 0 bridgehead atoms. The number of halogens is 1. The van der Waals surface area contributed by atoms with Crippen molar-refractivity contribution in [1.82, 2.24) is 34.2 Å². The van der Waals surface area contributed by atoms with Crippen LogP contribution in [0, 0.1) is 19.7 Å². The fourth-order valence-corrected chi connectivity index (χ4v) is 6.50. The molecule has 0 saturated heterocycles. The molecule has 0 atom stereocenters. The highest BCUT2D eigenvalue weighted by Gasteiger charge is 2.33. The zero-order chi connectivity index (χ0) is 28.4. The van der Waals surface area contributed by atoms with Crippen LogP contribution in [0.3, 0.4) is 0 Å². The summed E-state index contributed by atoms with van der Waals surface area (Å²) < 4.78 is 20.3. The normalized spacial score (nSPS) is 14.4. The van der Waals surface area contributed by atoms with Gasteiger partial charge in [-0.25, -0.2) is 9.37 Å². The molecule has 0 aliphatic heterocycles. The van der Waals surface area contributed by atoms with Gasteiger partial charge in [-0.15, -0.1) is 0 Å². The molecule has 210 valence electrons. The minimum atomic E-state index is -0.235. The summed E-state index contributed by atoms with van der Waals surface area (Å²) in [6.45, 7) is 3.73. The van der Waals surface area contributed by atoms with Crippen molar-refractivity contribution in [3.63, 3.8) is 0 Å². The van der Waals surface area contributed by atoms with Gasteiger partial charge in [0.05, 0.1) is 5.69 Å². The molecule has 4 aromatic heterocycles. The van der Waals surface area contributed by atoms with E-state index >= 15 is 0 Å². The fourth-order valence-electron chi connectivity index (χ4n) is 6.50. The summed E-state index contributed by atoms with van der Waals surface area (Å²) in [5.74, 6) is 2.71. The van der Waals surface area contributed by atoms with Crippen molar-refractivity contribution in [3.05, 3.63) is 88.5 Å². The average Bonchev–Trinajstić information content (AvgIpc) is 3.76. The molecule has 42 heavy (non-hydrogen) atoms. The number of aromatic nitrogens is 8. The zero-order valence-corrected chi connectivity index (χ0v) is 23.5. The summed E-state index contributed by atoms with van der Waals surface area (Å²) in [4.78, 5) is 13.5. The van der Waals surface area contributed by atoms with Crippen LogP contribution in [0.5, 0.6) is 0 Å². The van der Waals surface area contributed by atoms with Gasteiger partial charge in [-0.3, -0.25) is 0 Å². The van der Waals surface area contributed by atoms with Crippen molar-refractivity contribution in [2.75, 3.05) is 10.6 Å². The lowest BCUT2D eigenvalue weighted by Crippen LogP contribution is -2.41. The standard InChI is InChI=1S/C31H29FN10/c1-18-10-11-21(14-25(18)32)39-29-24-8-5-9-26(24)40(31-34-17-36-42(29)31)27-15-22(13-20-6-3-4-7-23(20)27)38-28-12-19(2)37-30-33-16-35-41(28)30/h10-17H,3-9H2,1-2H3,(H,33,35,37,38)/p+1. The van der Waals surface area contributed by atoms with Gasteiger partial charge in [-0.2, -0.15) is 19.2 Å². The second kappa shape index (κ2) is 9.57. The summed E-state index contributed by atoms with van der Waals surface area (Å²) in [6, 6.07) is 11.7. The second-order valence-electron chi connectivity index (χ2n) is 11.2. The van der Waals surface area contributed by atoms with Crippen LogP contribution < -0.4 is 15.2 Å². The first-order valence-corrected chi connectivity index (χ1v) is 14.5. The van der Waals surface area contributed by atoms with Gasteiger partial charge in [0.2, 0.25) is 12.1 Å². The van der Waals surface area contributed by atoms with Gasteiger partial charge in [-0.1, -0.05) is 20.7 Å². The molecule has 0 spiro atoms. The van der Waals surface area contributed by atoms with Crippen LogP contribution in [0.25, 0.3) is 17.2 Å². The van der Waals surface area contributed by atoms with Crippen molar-refractivity contribution in [2.45, 2.75) is 58.8 Å². The number of nitrogens with zero attached hydrogens (tertiary/aromatic N) is 8. The Morgan fingerprint density at radius 3 is 2.55 bits per heavy atom. The van der Waals surface area contributed by atoms with Gasteiger partial charge in [0, 0.05) is 41.2 Å². The van der Waals surface area contributed by atoms with Crippen LogP contribution in [-0.2, 0) is 25.7 Å². The van der Waals surface area contributed by atoms with Crippen molar-refractivity contribution in [2.24, 2.45) is 0 Å². The monoisotopic (exact) mass is 561 g/mol. The second-order valence-corrected chi connectivity index (χ2v) is 11.2. The molecule has 2 aliphatic carbocycles. The van der Waals surface area contributed by atoms with Gasteiger partial charge in [-0.05, 0) is 87.3 Å². The molecule has 2 aromatic carbocycles. The SMILES string of the molecule is Cc1cc(Nc2cc3c(c(-[n+]4c5c(c(Nc6ccc(C)c(F)c6)n6ncnc64)CCC5)c2)CCCC3)n2ncnc2n1. The van der Waals surface area contributed by atoms with Gasteiger partial charge in [0.1, 0.15) is 23.6 Å². The van der Waals surface area contributed by atoms with Gasteiger partial charge < -0.3 is 10.6 Å². The van der Waals surface area contributed by atoms with E-state index in [1.807, 2.05) is 23.6 Å².